The summed E-state index contributed by atoms with van der Waals surface area (Å²) in [6.45, 7) is 4.28. The van der Waals surface area contributed by atoms with Gasteiger partial charge >= 0.3 is 6.09 Å². The number of benzene rings is 1. The minimum atomic E-state index is -0.727. The van der Waals surface area contributed by atoms with Gasteiger partial charge in [0.25, 0.3) is 5.91 Å². The maximum atomic E-state index is 12.1. The molecule has 23 heavy (non-hydrogen) atoms. The minimum absolute atomic E-state index is 0.0879. The van der Waals surface area contributed by atoms with Crippen molar-refractivity contribution in [3.63, 3.8) is 0 Å². The van der Waals surface area contributed by atoms with Crippen molar-refractivity contribution in [3.05, 3.63) is 29.8 Å². The summed E-state index contributed by atoms with van der Waals surface area (Å²) in [7, 11) is 0. The molecule has 1 aromatic carbocycles. The van der Waals surface area contributed by atoms with E-state index in [-0.39, 0.29) is 24.9 Å². The maximum Gasteiger partial charge on any atom is 0.426 e. The molecule has 1 atom stereocenters. The van der Waals surface area contributed by atoms with Crippen LogP contribution in [0.2, 0.25) is 0 Å². The number of para-hydroxylation sites is 1. The van der Waals surface area contributed by atoms with Gasteiger partial charge in [-0.25, -0.2) is 10.2 Å². The van der Waals surface area contributed by atoms with Gasteiger partial charge in [-0.05, 0) is 18.1 Å². The molecule has 0 heterocycles. The van der Waals surface area contributed by atoms with Crippen LogP contribution >= 0.6 is 11.6 Å². The zero-order valence-electron chi connectivity index (χ0n) is 13.1. The first-order valence-electron chi connectivity index (χ1n) is 7.24. The maximum absolute atomic E-state index is 12.1. The number of hydrazine groups is 1. The molecule has 0 aromatic heterocycles. The molecule has 0 fully saturated rings. The van der Waals surface area contributed by atoms with E-state index in [1.807, 2.05) is 13.8 Å². The number of alkyl halides is 1. The van der Waals surface area contributed by atoms with E-state index in [1.54, 1.807) is 24.3 Å². The highest BCUT2D eigenvalue weighted by atomic mass is 35.5. The summed E-state index contributed by atoms with van der Waals surface area (Å²) in [5.41, 5.74) is 5.29. The third-order valence-corrected chi connectivity index (χ3v) is 3.06. The number of carbonyl (C=O) groups excluding carboxylic acids is 2. The average molecular weight is 344 g/mol. The van der Waals surface area contributed by atoms with Crippen molar-refractivity contribution in [1.82, 2.24) is 10.9 Å². The number of anilines is 1. The number of amides is 2. The van der Waals surface area contributed by atoms with Crippen LogP contribution in [-0.4, -0.2) is 42.2 Å². The van der Waals surface area contributed by atoms with Crippen molar-refractivity contribution in [2.75, 3.05) is 24.3 Å². The van der Waals surface area contributed by atoms with Crippen molar-refractivity contribution >= 4 is 29.3 Å². The predicted octanol–water partition coefficient (Wildman–Crippen LogP) is 1.73. The van der Waals surface area contributed by atoms with Crippen LogP contribution in [0.1, 0.15) is 24.2 Å². The van der Waals surface area contributed by atoms with Crippen molar-refractivity contribution in [1.29, 1.82) is 0 Å². The molecule has 1 aromatic rings. The highest BCUT2D eigenvalue weighted by Crippen LogP contribution is 2.14. The Kier molecular flexibility index (Phi) is 8.21. The van der Waals surface area contributed by atoms with Gasteiger partial charge < -0.3 is 15.2 Å². The first-order chi connectivity index (χ1) is 10.9. The Morgan fingerprint density at radius 2 is 1.96 bits per heavy atom. The topological polar surface area (TPSA) is 99.7 Å². The van der Waals surface area contributed by atoms with Gasteiger partial charge in [-0.15, -0.1) is 11.6 Å². The molecule has 0 saturated heterocycles. The van der Waals surface area contributed by atoms with Crippen LogP contribution in [0.4, 0.5) is 10.5 Å². The highest BCUT2D eigenvalue weighted by molar-refractivity contribution is 6.18. The van der Waals surface area contributed by atoms with Gasteiger partial charge in [0.05, 0.1) is 24.2 Å². The standard InChI is InChI=1S/C15H22ClN3O4/c1-10(2)9-23-15(22)19-18-14(21)12-5-3-4-6-13(12)17-8-11(20)7-16/h3-6,10-11,17,20H,7-9H2,1-2H3,(H,18,21)(H,19,22). The van der Waals surface area contributed by atoms with Crippen molar-refractivity contribution in [3.8, 4) is 0 Å². The van der Waals surface area contributed by atoms with Crippen LogP contribution in [0.15, 0.2) is 24.3 Å². The van der Waals surface area contributed by atoms with Gasteiger partial charge in [-0.3, -0.25) is 10.2 Å². The fourth-order valence-corrected chi connectivity index (χ4v) is 1.68. The molecule has 7 nitrogen and oxygen atoms in total. The minimum Gasteiger partial charge on any atom is -0.448 e. The van der Waals surface area contributed by atoms with Crippen molar-refractivity contribution < 1.29 is 19.4 Å². The second kappa shape index (κ2) is 9.91. The molecular formula is C15H22ClN3O4. The summed E-state index contributed by atoms with van der Waals surface area (Å²) < 4.78 is 4.89. The zero-order valence-corrected chi connectivity index (χ0v) is 13.9. The predicted molar refractivity (Wildman–Crippen MR) is 88.4 cm³/mol. The SMILES string of the molecule is CC(C)COC(=O)NNC(=O)c1ccccc1NCC(O)CCl. The van der Waals surface area contributed by atoms with Crippen LogP contribution in [0.5, 0.6) is 0 Å². The van der Waals surface area contributed by atoms with Gasteiger partial charge in [0.15, 0.2) is 0 Å². The van der Waals surface area contributed by atoms with E-state index in [9.17, 15) is 14.7 Å². The van der Waals surface area contributed by atoms with Gasteiger partial charge in [-0.1, -0.05) is 26.0 Å². The Hall–Kier alpha value is -1.99. The first kappa shape index (κ1) is 19.1. The number of ether oxygens (including phenoxy) is 1. The number of rotatable bonds is 7. The fraction of sp³-hybridized carbons (Fsp3) is 0.467. The van der Waals surface area contributed by atoms with E-state index in [2.05, 4.69) is 16.2 Å². The van der Waals surface area contributed by atoms with Crippen LogP contribution in [0.25, 0.3) is 0 Å². The summed E-state index contributed by atoms with van der Waals surface area (Å²) >= 11 is 5.53. The number of nitrogens with one attached hydrogen (secondary N) is 3. The quantitative estimate of drug-likeness (QED) is 0.446. The summed E-state index contributed by atoms with van der Waals surface area (Å²) in [6.07, 6.45) is -1.45. The van der Waals surface area contributed by atoms with Gasteiger partial charge in [0.1, 0.15) is 0 Å². The lowest BCUT2D eigenvalue weighted by Crippen LogP contribution is -2.42. The second-order valence-corrected chi connectivity index (χ2v) is 5.61. The summed E-state index contributed by atoms with van der Waals surface area (Å²) in [6, 6.07) is 6.71. The number of hydrogen-bond donors (Lipinski definition) is 4. The average Bonchev–Trinajstić information content (AvgIpc) is 2.55. The molecule has 0 bridgehead atoms. The van der Waals surface area contributed by atoms with Crippen LogP contribution in [0.3, 0.4) is 0 Å². The Morgan fingerprint density at radius 1 is 1.26 bits per heavy atom. The molecule has 0 saturated carbocycles. The largest absolute Gasteiger partial charge is 0.448 e. The fourth-order valence-electron chi connectivity index (χ4n) is 1.57. The number of aliphatic hydroxyl groups excluding tert-OH is 1. The summed E-state index contributed by atoms with van der Waals surface area (Å²) in [5, 5.41) is 12.4. The molecule has 0 aliphatic carbocycles. The van der Waals surface area contributed by atoms with E-state index in [0.29, 0.717) is 11.3 Å². The summed E-state index contributed by atoms with van der Waals surface area (Å²) in [5.74, 6) is -0.213. The molecule has 8 heteroatoms. The lowest BCUT2D eigenvalue weighted by molar-refractivity contribution is 0.0901. The Bertz CT molecular complexity index is 525. The Labute approximate surface area is 140 Å². The molecule has 128 valence electrons. The molecule has 0 radical (unpaired) electrons. The smallest absolute Gasteiger partial charge is 0.426 e. The van der Waals surface area contributed by atoms with Crippen LogP contribution in [0, 0.1) is 5.92 Å². The molecule has 1 rings (SSSR count). The monoisotopic (exact) mass is 343 g/mol. The molecule has 0 aliphatic rings. The van der Waals surface area contributed by atoms with Crippen LogP contribution in [-0.2, 0) is 4.74 Å². The van der Waals surface area contributed by atoms with E-state index < -0.39 is 18.1 Å². The van der Waals surface area contributed by atoms with Crippen molar-refractivity contribution in [2.45, 2.75) is 20.0 Å². The van der Waals surface area contributed by atoms with Crippen molar-refractivity contribution in [2.24, 2.45) is 5.92 Å². The third-order valence-electron chi connectivity index (χ3n) is 2.70. The molecule has 2 amide bonds. The third kappa shape index (κ3) is 7.21. The number of hydrogen-bond acceptors (Lipinski definition) is 5. The van der Waals surface area contributed by atoms with Gasteiger partial charge in [-0.2, -0.15) is 0 Å². The Morgan fingerprint density at radius 3 is 2.61 bits per heavy atom. The number of carbonyl (C=O) groups is 2. The van der Waals surface area contributed by atoms with E-state index >= 15 is 0 Å². The first-order valence-corrected chi connectivity index (χ1v) is 7.77. The van der Waals surface area contributed by atoms with E-state index in [4.69, 9.17) is 16.3 Å². The Balaban J connectivity index is 2.57. The van der Waals surface area contributed by atoms with Gasteiger partial charge in [0.2, 0.25) is 0 Å². The summed E-state index contributed by atoms with van der Waals surface area (Å²) in [4.78, 5) is 23.5. The normalized spacial score (nSPS) is 11.7. The second-order valence-electron chi connectivity index (χ2n) is 5.31. The lowest BCUT2D eigenvalue weighted by Gasteiger charge is -2.14. The van der Waals surface area contributed by atoms with E-state index in [1.165, 1.54) is 0 Å². The number of aliphatic hydroxyl groups is 1. The highest BCUT2D eigenvalue weighted by Gasteiger charge is 2.13. The molecule has 4 N–H and O–H groups in total. The van der Waals surface area contributed by atoms with Gasteiger partial charge in [0, 0.05) is 12.2 Å². The molecule has 0 spiro atoms. The molecule has 1 unspecified atom stereocenters. The molecular weight excluding hydrogens is 322 g/mol. The van der Waals surface area contributed by atoms with E-state index in [0.717, 1.165) is 0 Å². The lowest BCUT2D eigenvalue weighted by atomic mass is 10.1. The van der Waals surface area contributed by atoms with Crippen LogP contribution < -0.4 is 16.2 Å². The number of halogens is 1. The zero-order chi connectivity index (χ0) is 17.2. The molecule has 0 aliphatic heterocycles.